The molecule has 1 atom stereocenters. The molecule has 0 spiro atoms. The summed E-state index contributed by atoms with van der Waals surface area (Å²) in [6, 6.07) is 0.425. The molecule has 1 unspecified atom stereocenters. The Kier molecular flexibility index (Phi) is 3.22. The Labute approximate surface area is 85.0 Å². The number of allylic oxidation sites excluding steroid dienone is 2. The van der Waals surface area contributed by atoms with E-state index in [1.54, 1.807) is 7.11 Å². The van der Waals surface area contributed by atoms with Crippen LogP contribution >= 0.6 is 0 Å². The van der Waals surface area contributed by atoms with Gasteiger partial charge < -0.3 is 9.47 Å². The second-order valence-corrected chi connectivity index (χ2v) is 3.60. The standard InChI is InChI=1S/C11H17NO2/c1-13-11-5-3-2-4-10(11)12-6-8-14-9-7-12/h2-3,5,10H,4,6-9H2,1H3. The van der Waals surface area contributed by atoms with E-state index < -0.39 is 0 Å². The first-order chi connectivity index (χ1) is 6.92. The molecule has 0 radical (unpaired) electrons. The van der Waals surface area contributed by atoms with Gasteiger partial charge in [0.2, 0.25) is 0 Å². The number of hydrogen-bond acceptors (Lipinski definition) is 3. The van der Waals surface area contributed by atoms with E-state index in [4.69, 9.17) is 9.47 Å². The van der Waals surface area contributed by atoms with Crippen molar-refractivity contribution in [2.45, 2.75) is 12.5 Å². The van der Waals surface area contributed by atoms with Crippen molar-refractivity contribution < 1.29 is 9.47 Å². The predicted octanol–water partition coefficient (Wildman–Crippen LogP) is 1.18. The van der Waals surface area contributed by atoms with Gasteiger partial charge in [-0.1, -0.05) is 12.2 Å². The summed E-state index contributed by atoms with van der Waals surface area (Å²) in [7, 11) is 1.75. The molecule has 0 aromatic rings. The molecule has 2 rings (SSSR count). The first-order valence-electron chi connectivity index (χ1n) is 5.14. The summed E-state index contributed by atoms with van der Waals surface area (Å²) >= 11 is 0. The molecule has 1 aliphatic heterocycles. The Morgan fingerprint density at radius 3 is 2.93 bits per heavy atom. The first kappa shape index (κ1) is 9.74. The molecular weight excluding hydrogens is 178 g/mol. The van der Waals surface area contributed by atoms with Gasteiger partial charge in [0, 0.05) is 13.1 Å². The zero-order valence-corrected chi connectivity index (χ0v) is 8.61. The quantitative estimate of drug-likeness (QED) is 0.660. The van der Waals surface area contributed by atoms with Crippen LogP contribution in [0.1, 0.15) is 6.42 Å². The number of morpholine rings is 1. The largest absolute Gasteiger partial charge is 0.499 e. The van der Waals surface area contributed by atoms with Gasteiger partial charge in [0.1, 0.15) is 5.76 Å². The topological polar surface area (TPSA) is 21.7 Å². The summed E-state index contributed by atoms with van der Waals surface area (Å²) in [5.74, 6) is 1.08. The van der Waals surface area contributed by atoms with E-state index in [0.717, 1.165) is 38.5 Å². The number of methoxy groups -OCH3 is 1. The average molecular weight is 195 g/mol. The molecule has 78 valence electrons. The lowest BCUT2D eigenvalue weighted by Gasteiger charge is -2.35. The maximum absolute atomic E-state index is 5.38. The Bertz CT molecular complexity index is 242. The van der Waals surface area contributed by atoms with E-state index in [9.17, 15) is 0 Å². The predicted molar refractivity (Wildman–Crippen MR) is 55.0 cm³/mol. The molecule has 0 aromatic carbocycles. The Balaban J connectivity index is 2.01. The minimum absolute atomic E-state index is 0.425. The Morgan fingerprint density at radius 2 is 2.21 bits per heavy atom. The highest BCUT2D eigenvalue weighted by molar-refractivity contribution is 5.19. The molecule has 1 saturated heterocycles. The van der Waals surface area contributed by atoms with Gasteiger partial charge in [0.05, 0.1) is 26.4 Å². The number of nitrogens with zero attached hydrogens (tertiary/aromatic N) is 1. The van der Waals surface area contributed by atoms with Crippen LogP contribution < -0.4 is 0 Å². The summed E-state index contributed by atoms with van der Waals surface area (Å²) in [5.41, 5.74) is 0. The van der Waals surface area contributed by atoms with E-state index in [1.807, 2.05) is 0 Å². The average Bonchev–Trinajstić information content (AvgIpc) is 2.30. The fourth-order valence-corrected chi connectivity index (χ4v) is 2.02. The molecule has 14 heavy (non-hydrogen) atoms. The second-order valence-electron chi connectivity index (χ2n) is 3.60. The van der Waals surface area contributed by atoms with Crippen molar-refractivity contribution in [2.75, 3.05) is 33.4 Å². The van der Waals surface area contributed by atoms with Crippen molar-refractivity contribution in [1.29, 1.82) is 0 Å². The van der Waals surface area contributed by atoms with Crippen molar-refractivity contribution in [3.63, 3.8) is 0 Å². The molecule has 0 N–H and O–H groups in total. The van der Waals surface area contributed by atoms with Gasteiger partial charge in [-0.25, -0.2) is 0 Å². The van der Waals surface area contributed by atoms with Crippen molar-refractivity contribution in [2.24, 2.45) is 0 Å². The van der Waals surface area contributed by atoms with Crippen LogP contribution in [0.3, 0.4) is 0 Å². The fourth-order valence-electron chi connectivity index (χ4n) is 2.02. The van der Waals surface area contributed by atoms with Crippen LogP contribution in [0.5, 0.6) is 0 Å². The van der Waals surface area contributed by atoms with E-state index in [0.29, 0.717) is 6.04 Å². The van der Waals surface area contributed by atoms with Gasteiger partial charge in [0.15, 0.2) is 0 Å². The monoisotopic (exact) mass is 195 g/mol. The molecule has 1 aliphatic carbocycles. The molecule has 1 heterocycles. The highest BCUT2D eigenvalue weighted by atomic mass is 16.5. The van der Waals surface area contributed by atoms with Gasteiger partial charge in [-0.3, -0.25) is 4.90 Å². The van der Waals surface area contributed by atoms with Crippen molar-refractivity contribution >= 4 is 0 Å². The van der Waals surface area contributed by atoms with Gasteiger partial charge in [-0.2, -0.15) is 0 Å². The molecule has 3 heteroatoms. The molecule has 1 fully saturated rings. The Morgan fingerprint density at radius 1 is 1.43 bits per heavy atom. The summed E-state index contributed by atoms with van der Waals surface area (Å²) in [6.45, 7) is 3.72. The van der Waals surface area contributed by atoms with Crippen LogP contribution in [-0.2, 0) is 9.47 Å². The van der Waals surface area contributed by atoms with Crippen LogP contribution in [0, 0.1) is 0 Å². The van der Waals surface area contributed by atoms with Crippen molar-refractivity contribution in [3.8, 4) is 0 Å². The van der Waals surface area contributed by atoms with Crippen LogP contribution in [0.2, 0.25) is 0 Å². The molecule has 2 aliphatic rings. The summed E-state index contributed by atoms with van der Waals surface area (Å²) < 4.78 is 10.7. The normalized spacial score (nSPS) is 28.6. The van der Waals surface area contributed by atoms with Crippen LogP contribution in [-0.4, -0.2) is 44.4 Å². The summed E-state index contributed by atoms with van der Waals surface area (Å²) in [4.78, 5) is 2.43. The molecule has 0 bridgehead atoms. The number of hydrogen-bond donors (Lipinski definition) is 0. The second kappa shape index (κ2) is 4.62. The van der Waals surface area contributed by atoms with E-state index in [-0.39, 0.29) is 0 Å². The third kappa shape index (κ3) is 1.99. The highest BCUT2D eigenvalue weighted by Gasteiger charge is 2.24. The minimum atomic E-state index is 0.425. The van der Waals surface area contributed by atoms with Gasteiger partial charge in [0.25, 0.3) is 0 Å². The zero-order valence-electron chi connectivity index (χ0n) is 8.61. The SMILES string of the molecule is COC1=CC=CCC1N1CCOCC1. The molecule has 0 saturated carbocycles. The van der Waals surface area contributed by atoms with Crippen LogP contribution in [0.25, 0.3) is 0 Å². The van der Waals surface area contributed by atoms with Gasteiger partial charge in [-0.05, 0) is 12.5 Å². The smallest absolute Gasteiger partial charge is 0.113 e. The number of ether oxygens (including phenoxy) is 2. The van der Waals surface area contributed by atoms with E-state index in [2.05, 4.69) is 23.1 Å². The van der Waals surface area contributed by atoms with Gasteiger partial charge in [-0.15, -0.1) is 0 Å². The third-order valence-electron chi connectivity index (χ3n) is 2.81. The zero-order chi connectivity index (χ0) is 9.80. The summed E-state index contributed by atoms with van der Waals surface area (Å²) in [6.07, 6.45) is 7.38. The minimum Gasteiger partial charge on any atom is -0.499 e. The highest BCUT2D eigenvalue weighted by Crippen LogP contribution is 2.20. The van der Waals surface area contributed by atoms with Crippen LogP contribution in [0.15, 0.2) is 24.0 Å². The maximum Gasteiger partial charge on any atom is 0.113 e. The fraction of sp³-hybridized carbons (Fsp3) is 0.636. The maximum atomic E-state index is 5.38. The molecule has 0 amide bonds. The molecule has 0 aromatic heterocycles. The van der Waals surface area contributed by atoms with Crippen molar-refractivity contribution in [1.82, 2.24) is 4.90 Å². The lowest BCUT2D eigenvalue weighted by atomic mass is 10.0. The third-order valence-corrected chi connectivity index (χ3v) is 2.81. The number of rotatable bonds is 2. The van der Waals surface area contributed by atoms with E-state index >= 15 is 0 Å². The van der Waals surface area contributed by atoms with E-state index in [1.165, 1.54) is 0 Å². The molecule has 3 nitrogen and oxygen atoms in total. The Hall–Kier alpha value is -0.800. The lowest BCUT2D eigenvalue weighted by Crippen LogP contribution is -2.44. The first-order valence-corrected chi connectivity index (χ1v) is 5.14. The van der Waals surface area contributed by atoms with Crippen LogP contribution in [0.4, 0.5) is 0 Å². The molecular formula is C11H17NO2. The summed E-state index contributed by atoms with van der Waals surface area (Å²) in [5, 5.41) is 0. The van der Waals surface area contributed by atoms with Gasteiger partial charge >= 0.3 is 0 Å². The van der Waals surface area contributed by atoms with Crippen molar-refractivity contribution in [3.05, 3.63) is 24.0 Å². The lowest BCUT2D eigenvalue weighted by molar-refractivity contribution is 0.0135.